The van der Waals surface area contributed by atoms with Crippen molar-refractivity contribution in [2.24, 2.45) is 372 Å². The number of hydrogen-bond acceptors (Lipinski definition) is 3. The summed E-state index contributed by atoms with van der Waals surface area (Å²) in [5.74, 6) is 64.7. The molecule has 0 aromatic carbocycles. The molecule has 3 nitrogen and oxygen atoms in total. The summed E-state index contributed by atoms with van der Waals surface area (Å²) in [7, 11) is 0. The van der Waals surface area contributed by atoms with Crippen LogP contribution in [0.3, 0.4) is 0 Å². The van der Waals surface area contributed by atoms with E-state index in [9.17, 15) is 0 Å². The van der Waals surface area contributed by atoms with Gasteiger partial charge in [0.2, 0.25) is 0 Å². The van der Waals surface area contributed by atoms with Gasteiger partial charge >= 0.3 is 0 Å². The van der Waals surface area contributed by atoms with Gasteiger partial charge in [-0.05, 0) is 449 Å². The Bertz CT molecular complexity index is 3360. The fourth-order valence-electron chi connectivity index (χ4n) is 46.5. The minimum Gasteiger partial charge on any atom is -0.374 e. The highest BCUT2D eigenvalue weighted by atomic mass is 16.5. The predicted octanol–water partition coefficient (Wildman–Crippen LogP) is 27.1. The van der Waals surface area contributed by atoms with Gasteiger partial charge in [-0.2, -0.15) is 0 Å². The molecule has 115 heavy (non-hydrogen) atoms. The van der Waals surface area contributed by atoms with Crippen molar-refractivity contribution >= 4 is 0 Å². The topological polar surface area (TPSA) is 27.7 Å². The van der Waals surface area contributed by atoms with Gasteiger partial charge in [0.1, 0.15) is 0 Å². The molecular weight excluding hydrogens is 1390 g/mol. The van der Waals surface area contributed by atoms with E-state index in [-0.39, 0.29) is 0 Å². The molecule has 0 N–H and O–H groups in total. The summed E-state index contributed by atoms with van der Waals surface area (Å²) in [6.45, 7) is 69.7. The summed E-state index contributed by atoms with van der Waals surface area (Å²) in [6.07, 6.45) is 26.9. The van der Waals surface area contributed by atoms with E-state index < -0.39 is 0 Å². The Balaban J connectivity index is 0.0000000826. The average Bonchev–Trinajstić information content (AvgIpc) is 1.51. The van der Waals surface area contributed by atoms with E-state index in [0.29, 0.717) is 42.0 Å². The molecule has 3 heteroatoms. The summed E-state index contributed by atoms with van der Waals surface area (Å²) >= 11 is 0. The molecule has 23 saturated carbocycles. The lowest BCUT2D eigenvalue weighted by molar-refractivity contribution is -0.0831. The fraction of sp³-hybridized carbons (Fsp3) is 1.00. The van der Waals surface area contributed by atoms with Crippen LogP contribution in [0.15, 0.2) is 0 Å². The molecule has 0 amide bonds. The van der Waals surface area contributed by atoms with E-state index in [2.05, 4.69) is 194 Å². The second-order valence-corrected chi connectivity index (χ2v) is 53.4. The van der Waals surface area contributed by atoms with Crippen molar-refractivity contribution in [3.63, 3.8) is 0 Å². The standard InChI is InChI=1S/C22H34.C21H32.C17H28.C16H24O2.C12H20O.2C12H22/c1-5-12-11(4)15-7-16(12)22-18-8-17(21(15)22)19-13-6-14(20(18)19)10(3)9(13)2;1-8-9(2)13-5-12(8)18-16-7-17(19(13)18)21-15-6-14(20(16)21)10(3)11(15)4;1-5-11-10(4)14-7-15(11)17-13-6-12(16(14)17)8(2)9(13)3;1-5-6(2)14-10-9(13(5)17-14)11-12(10)16-8(4)7(3)15(11)18-16;1-5-6(2)10-9(5)11-7(3)8(4)12(10)13-11;1-7-8(2)12-6-5-11(7)9(3)10(12)4;1-5-12(4)7-10-6-11(12)9(3)8(10)2/h9-22H,5-8H2,1-4H3;8-21H,5-7H2,1-4H3;8-17H,5-7H2,1-4H3;5-16H,1-4H3;5-12H,1-4H3;7-12H,5-6H2,1-4H3;8-11H,5-7H2,1-4H3. The van der Waals surface area contributed by atoms with Gasteiger partial charge in [-0.3, -0.25) is 0 Å². The van der Waals surface area contributed by atoms with Gasteiger partial charge in [0.25, 0.3) is 0 Å². The van der Waals surface area contributed by atoms with E-state index in [0.717, 1.165) is 296 Å². The quantitative estimate of drug-likeness (QED) is 0.264. The third kappa shape index (κ3) is 10.4. The molecule has 648 valence electrons. The Morgan fingerprint density at radius 2 is 0.417 bits per heavy atom. The highest BCUT2D eigenvalue weighted by Gasteiger charge is 2.79. The molecule has 23 aliphatic carbocycles. The fourth-order valence-corrected chi connectivity index (χ4v) is 46.5. The zero-order chi connectivity index (χ0) is 80.5. The van der Waals surface area contributed by atoms with Crippen LogP contribution in [-0.4, -0.2) is 36.6 Å². The Morgan fingerprint density at radius 3 is 0.670 bits per heavy atom. The first-order valence-electron chi connectivity index (χ1n) is 53.8. The van der Waals surface area contributed by atoms with Crippen LogP contribution in [0.2, 0.25) is 0 Å². The van der Waals surface area contributed by atoms with E-state index >= 15 is 0 Å². The smallest absolute Gasteiger partial charge is 0.0643 e. The average molecular weight is 1580 g/mol. The lowest BCUT2D eigenvalue weighted by Gasteiger charge is -2.57. The minimum atomic E-state index is 0.557. The maximum atomic E-state index is 6.36. The third-order valence-electron chi connectivity index (χ3n) is 53.4. The maximum absolute atomic E-state index is 6.36. The van der Waals surface area contributed by atoms with E-state index in [1.165, 1.54) is 116 Å². The normalized spacial score (nSPS) is 69.7. The van der Waals surface area contributed by atoms with Crippen LogP contribution in [-0.2, 0) is 14.2 Å². The van der Waals surface area contributed by atoms with Crippen LogP contribution in [0.1, 0.15) is 290 Å². The first-order chi connectivity index (χ1) is 54.8. The van der Waals surface area contributed by atoms with Crippen LogP contribution in [0.5, 0.6) is 0 Å². The van der Waals surface area contributed by atoms with E-state index in [1.54, 1.807) is 51.4 Å². The van der Waals surface area contributed by atoms with Gasteiger partial charge in [-0.15, -0.1) is 0 Å². The highest BCUT2D eigenvalue weighted by Crippen LogP contribution is 2.83. The summed E-state index contributed by atoms with van der Waals surface area (Å²) < 4.78 is 18.8. The van der Waals surface area contributed by atoms with Crippen LogP contribution < -0.4 is 0 Å². The lowest BCUT2D eigenvalue weighted by Crippen LogP contribution is -2.62. The molecule has 6 saturated heterocycles. The molecule has 61 atom stereocenters. The summed E-state index contributed by atoms with van der Waals surface area (Å²) in [6, 6.07) is 0. The lowest BCUT2D eigenvalue weighted by atomic mass is 9.44. The van der Waals surface area contributed by atoms with Gasteiger partial charge < -0.3 is 14.2 Å². The van der Waals surface area contributed by atoms with Crippen LogP contribution in [0.4, 0.5) is 0 Å². The van der Waals surface area contributed by atoms with Crippen LogP contribution in [0.25, 0.3) is 0 Å². The highest BCUT2D eigenvalue weighted by molar-refractivity contribution is 5.27. The van der Waals surface area contributed by atoms with Crippen LogP contribution >= 0.6 is 0 Å². The molecule has 0 aromatic heterocycles. The van der Waals surface area contributed by atoms with Crippen molar-refractivity contribution in [3.8, 4) is 0 Å². The van der Waals surface area contributed by atoms with Crippen LogP contribution in [0, 0.1) is 372 Å². The number of rotatable bonds is 3. The molecular formula is C112H182O3. The third-order valence-corrected chi connectivity index (χ3v) is 53.4. The largest absolute Gasteiger partial charge is 0.374 e. The molecule has 6 aliphatic heterocycles. The zero-order valence-corrected chi connectivity index (χ0v) is 79.6. The van der Waals surface area contributed by atoms with E-state index in [1.807, 2.05) is 0 Å². The number of fused-ring (bicyclic) bond motifs is 63. The predicted molar refractivity (Wildman–Crippen MR) is 473 cm³/mol. The Hall–Kier alpha value is -0.120. The van der Waals surface area contributed by atoms with Gasteiger partial charge in [0.15, 0.2) is 0 Å². The molecule has 29 fully saturated rings. The maximum Gasteiger partial charge on any atom is 0.0643 e. The molecule has 61 unspecified atom stereocenters. The van der Waals surface area contributed by atoms with Crippen molar-refractivity contribution in [3.05, 3.63) is 0 Å². The van der Waals surface area contributed by atoms with Crippen molar-refractivity contribution in [1.29, 1.82) is 0 Å². The van der Waals surface area contributed by atoms with Crippen molar-refractivity contribution in [2.45, 2.75) is 327 Å². The Labute approximate surface area is 708 Å². The van der Waals surface area contributed by atoms with E-state index in [4.69, 9.17) is 14.2 Å². The SMILES string of the molecule is CC1C(C)C2CC1C1C3CC(C21)C1C2CC(C(C)C2C)C31.CC1C(C)C2CCC1C(C)C2C.CC1C(C)C2OC1C1C(C)C(C)C21.CC1C(C)C2OC1C1C2C2C3OC(C(C)C3C)C12.CCC1(C)CC2CC1C(C)C2C.CCC1C(C)C2CC1C1C3CC(C(C)C3C)C21.CCC1C(C)C2CC1C1C3CC(C4C5CC(C(C)C5C)C34)C21. The molecule has 29 aliphatic rings. The zero-order valence-electron chi connectivity index (χ0n) is 79.6. The Morgan fingerprint density at radius 1 is 0.200 bits per heavy atom. The van der Waals surface area contributed by atoms with Crippen molar-refractivity contribution in [2.75, 3.05) is 0 Å². The first kappa shape index (κ1) is 80.7. The first-order valence-corrected chi connectivity index (χ1v) is 53.8. The summed E-state index contributed by atoms with van der Waals surface area (Å²) in [4.78, 5) is 0. The molecule has 29 rings (SSSR count). The summed E-state index contributed by atoms with van der Waals surface area (Å²) in [5, 5.41) is 0. The molecule has 0 spiro atoms. The van der Waals surface area contributed by atoms with Crippen molar-refractivity contribution in [1.82, 2.24) is 0 Å². The van der Waals surface area contributed by atoms with Crippen molar-refractivity contribution < 1.29 is 14.2 Å². The van der Waals surface area contributed by atoms with Gasteiger partial charge in [0.05, 0.1) is 36.6 Å². The summed E-state index contributed by atoms with van der Waals surface area (Å²) in [5.41, 5.74) is 0.705. The number of ether oxygens (including phenoxy) is 3. The van der Waals surface area contributed by atoms with Gasteiger partial charge in [-0.25, -0.2) is 0 Å². The second kappa shape index (κ2) is 27.9. The monoisotopic (exact) mass is 1580 g/mol. The Kier molecular flexibility index (Phi) is 19.6. The molecule has 26 bridgehead atoms. The van der Waals surface area contributed by atoms with Gasteiger partial charge in [-0.1, -0.05) is 213 Å². The minimum absolute atomic E-state index is 0.557. The molecule has 0 radical (unpaired) electrons. The molecule has 6 heterocycles. The number of hydrogen-bond donors (Lipinski definition) is 0. The molecule has 0 aromatic rings. The second-order valence-electron chi connectivity index (χ2n) is 53.4. The van der Waals surface area contributed by atoms with Gasteiger partial charge in [0, 0.05) is 0 Å².